The summed E-state index contributed by atoms with van der Waals surface area (Å²) in [6.45, 7) is 3.18. The van der Waals surface area contributed by atoms with Gasteiger partial charge in [0.2, 0.25) is 5.91 Å². The van der Waals surface area contributed by atoms with E-state index in [2.05, 4.69) is 27.8 Å². The Morgan fingerprint density at radius 1 is 1.44 bits per heavy atom. The molecule has 1 aromatic heterocycles. The van der Waals surface area contributed by atoms with Crippen LogP contribution in [0.2, 0.25) is 0 Å². The maximum atomic E-state index is 12.1. The number of carbonyl (C=O) groups excluding carboxylic acids is 1. The van der Waals surface area contributed by atoms with Crippen molar-refractivity contribution >= 4 is 21.8 Å². The van der Waals surface area contributed by atoms with E-state index in [1.807, 2.05) is 12.1 Å². The first-order valence-corrected chi connectivity index (χ1v) is 6.95. The van der Waals surface area contributed by atoms with E-state index >= 15 is 0 Å². The SMILES string of the molecule is CCCCN(CCO)C(=O)Cc1ccc(Br)cn1. The number of amides is 1. The van der Waals surface area contributed by atoms with Gasteiger partial charge in [0.1, 0.15) is 0 Å². The number of aromatic nitrogens is 1. The number of nitrogens with zero attached hydrogens (tertiary/aromatic N) is 2. The van der Waals surface area contributed by atoms with Gasteiger partial charge in [-0.1, -0.05) is 13.3 Å². The number of aliphatic hydroxyl groups excluding tert-OH is 1. The van der Waals surface area contributed by atoms with Crippen LogP contribution < -0.4 is 0 Å². The molecule has 0 spiro atoms. The molecule has 0 aliphatic rings. The second-order valence-corrected chi connectivity index (χ2v) is 5.02. The fourth-order valence-electron chi connectivity index (χ4n) is 1.61. The molecule has 100 valence electrons. The third-order valence-electron chi connectivity index (χ3n) is 2.63. The lowest BCUT2D eigenvalue weighted by atomic mass is 10.2. The minimum atomic E-state index is 0.00320. The molecular weight excluding hydrogens is 296 g/mol. The quantitative estimate of drug-likeness (QED) is 0.837. The molecule has 1 N–H and O–H groups in total. The summed E-state index contributed by atoms with van der Waals surface area (Å²) < 4.78 is 0.900. The second-order valence-electron chi connectivity index (χ2n) is 4.10. The Labute approximate surface area is 116 Å². The topological polar surface area (TPSA) is 53.4 Å². The summed E-state index contributed by atoms with van der Waals surface area (Å²) in [6, 6.07) is 3.71. The van der Waals surface area contributed by atoms with Gasteiger partial charge in [-0.15, -0.1) is 0 Å². The Hall–Kier alpha value is -0.940. The first-order chi connectivity index (χ1) is 8.67. The summed E-state index contributed by atoms with van der Waals surface area (Å²) in [7, 11) is 0. The molecule has 0 saturated heterocycles. The third kappa shape index (κ3) is 5.14. The molecule has 1 amide bonds. The van der Waals surface area contributed by atoms with Crippen LogP contribution >= 0.6 is 15.9 Å². The number of unbranched alkanes of at least 4 members (excludes halogenated alkanes) is 1. The number of hydrogen-bond acceptors (Lipinski definition) is 3. The summed E-state index contributed by atoms with van der Waals surface area (Å²) in [6.07, 6.45) is 3.97. The highest BCUT2D eigenvalue weighted by atomic mass is 79.9. The molecule has 1 rings (SSSR count). The largest absolute Gasteiger partial charge is 0.395 e. The molecule has 0 saturated carbocycles. The van der Waals surface area contributed by atoms with Gasteiger partial charge < -0.3 is 10.0 Å². The Bertz CT molecular complexity index is 368. The fraction of sp³-hybridized carbons (Fsp3) is 0.538. The van der Waals surface area contributed by atoms with Crippen LogP contribution in [-0.2, 0) is 11.2 Å². The zero-order chi connectivity index (χ0) is 13.4. The van der Waals surface area contributed by atoms with Crippen molar-refractivity contribution in [1.82, 2.24) is 9.88 Å². The molecule has 0 aliphatic carbocycles. The van der Waals surface area contributed by atoms with E-state index in [4.69, 9.17) is 5.11 Å². The van der Waals surface area contributed by atoms with E-state index in [1.54, 1.807) is 11.1 Å². The van der Waals surface area contributed by atoms with Crippen LogP contribution in [0.5, 0.6) is 0 Å². The average Bonchev–Trinajstić information content (AvgIpc) is 2.37. The molecule has 0 unspecified atom stereocenters. The predicted octanol–water partition coefficient (Wildman–Crippen LogP) is 2.01. The number of aliphatic hydroxyl groups is 1. The smallest absolute Gasteiger partial charge is 0.228 e. The summed E-state index contributed by atoms with van der Waals surface area (Å²) in [5.41, 5.74) is 0.752. The molecule has 4 nitrogen and oxygen atoms in total. The van der Waals surface area contributed by atoms with E-state index in [0.717, 1.165) is 23.0 Å². The van der Waals surface area contributed by atoms with Crippen LogP contribution in [0.4, 0.5) is 0 Å². The van der Waals surface area contributed by atoms with Crippen molar-refractivity contribution in [2.24, 2.45) is 0 Å². The molecule has 0 radical (unpaired) electrons. The molecule has 5 heteroatoms. The lowest BCUT2D eigenvalue weighted by Crippen LogP contribution is -2.35. The molecule has 1 heterocycles. The molecule has 0 atom stereocenters. The summed E-state index contributed by atoms with van der Waals surface area (Å²) in [5, 5.41) is 8.97. The van der Waals surface area contributed by atoms with Gasteiger partial charge in [0.25, 0.3) is 0 Å². The van der Waals surface area contributed by atoms with Gasteiger partial charge in [0, 0.05) is 29.5 Å². The van der Waals surface area contributed by atoms with E-state index in [0.29, 0.717) is 13.1 Å². The van der Waals surface area contributed by atoms with Gasteiger partial charge in [-0.3, -0.25) is 9.78 Å². The molecule has 0 aliphatic heterocycles. The average molecular weight is 315 g/mol. The van der Waals surface area contributed by atoms with Gasteiger partial charge in [0.05, 0.1) is 13.0 Å². The van der Waals surface area contributed by atoms with Crippen LogP contribution in [0.25, 0.3) is 0 Å². The number of halogens is 1. The number of pyridine rings is 1. The molecule has 18 heavy (non-hydrogen) atoms. The highest BCUT2D eigenvalue weighted by Crippen LogP contribution is 2.09. The summed E-state index contributed by atoms with van der Waals surface area (Å²) in [5.74, 6) is 0.0207. The molecular formula is C13H19BrN2O2. The predicted molar refractivity (Wildman–Crippen MR) is 74.2 cm³/mol. The first-order valence-electron chi connectivity index (χ1n) is 6.16. The Kier molecular flexibility index (Phi) is 6.90. The van der Waals surface area contributed by atoms with Crippen molar-refractivity contribution < 1.29 is 9.90 Å². The van der Waals surface area contributed by atoms with E-state index in [1.165, 1.54) is 0 Å². The molecule has 1 aromatic rings. The lowest BCUT2D eigenvalue weighted by Gasteiger charge is -2.21. The minimum absolute atomic E-state index is 0.00320. The zero-order valence-corrected chi connectivity index (χ0v) is 12.2. The third-order valence-corrected chi connectivity index (χ3v) is 3.09. The number of hydrogen-bond donors (Lipinski definition) is 1. The normalized spacial score (nSPS) is 10.4. The summed E-state index contributed by atoms with van der Waals surface area (Å²) >= 11 is 3.31. The van der Waals surface area contributed by atoms with Crippen LogP contribution in [-0.4, -0.2) is 40.6 Å². The van der Waals surface area contributed by atoms with Crippen molar-refractivity contribution in [3.05, 3.63) is 28.5 Å². The standard InChI is InChI=1S/C13H19BrN2O2/c1-2-3-6-16(7-8-17)13(18)9-12-5-4-11(14)10-15-12/h4-5,10,17H,2-3,6-9H2,1H3. The van der Waals surface area contributed by atoms with Crippen LogP contribution in [0.15, 0.2) is 22.8 Å². The van der Waals surface area contributed by atoms with Crippen LogP contribution in [0.3, 0.4) is 0 Å². The Balaban J connectivity index is 2.57. The van der Waals surface area contributed by atoms with E-state index in [9.17, 15) is 4.79 Å². The van der Waals surface area contributed by atoms with Gasteiger partial charge in [-0.2, -0.15) is 0 Å². The number of carbonyl (C=O) groups is 1. The summed E-state index contributed by atoms with van der Waals surface area (Å²) in [4.78, 5) is 17.9. The second kappa shape index (κ2) is 8.21. The van der Waals surface area contributed by atoms with E-state index < -0.39 is 0 Å². The highest BCUT2D eigenvalue weighted by Gasteiger charge is 2.13. The van der Waals surface area contributed by atoms with Crippen molar-refractivity contribution in [3.63, 3.8) is 0 Å². The zero-order valence-electron chi connectivity index (χ0n) is 10.6. The van der Waals surface area contributed by atoms with Gasteiger partial charge in [0.15, 0.2) is 0 Å². The van der Waals surface area contributed by atoms with Crippen molar-refractivity contribution in [2.45, 2.75) is 26.2 Å². The van der Waals surface area contributed by atoms with Gasteiger partial charge >= 0.3 is 0 Å². The molecule has 0 bridgehead atoms. The maximum absolute atomic E-state index is 12.1. The van der Waals surface area contributed by atoms with E-state index in [-0.39, 0.29) is 18.9 Å². The minimum Gasteiger partial charge on any atom is -0.395 e. The fourth-order valence-corrected chi connectivity index (χ4v) is 1.84. The first kappa shape index (κ1) is 15.1. The molecule has 0 fully saturated rings. The lowest BCUT2D eigenvalue weighted by molar-refractivity contribution is -0.131. The van der Waals surface area contributed by atoms with Crippen LogP contribution in [0, 0.1) is 0 Å². The van der Waals surface area contributed by atoms with Crippen molar-refractivity contribution in [3.8, 4) is 0 Å². The van der Waals surface area contributed by atoms with Gasteiger partial charge in [-0.25, -0.2) is 0 Å². The van der Waals surface area contributed by atoms with Crippen LogP contribution in [0.1, 0.15) is 25.5 Å². The van der Waals surface area contributed by atoms with Crippen molar-refractivity contribution in [2.75, 3.05) is 19.7 Å². The number of rotatable bonds is 7. The monoisotopic (exact) mass is 314 g/mol. The highest BCUT2D eigenvalue weighted by molar-refractivity contribution is 9.10. The Morgan fingerprint density at radius 2 is 2.22 bits per heavy atom. The molecule has 0 aromatic carbocycles. The Morgan fingerprint density at radius 3 is 2.78 bits per heavy atom. The maximum Gasteiger partial charge on any atom is 0.228 e. The van der Waals surface area contributed by atoms with Gasteiger partial charge in [-0.05, 0) is 34.5 Å². The van der Waals surface area contributed by atoms with Crippen molar-refractivity contribution in [1.29, 1.82) is 0 Å².